The van der Waals surface area contributed by atoms with Gasteiger partial charge in [0.15, 0.2) is 0 Å². The Morgan fingerprint density at radius 3 is 2.60 bits per heavy atom. The molecule has 0 aliphatic carbocycles. The van der Waals surface area contributed by atoms with Crippen molar-refractivity contribution in [3.05, 3.63) is 30.3 Å². The smallest absolute Gasteiger partial charge is 0.135 e. The van der Waals surface area contributed by atoms with Crippen LogP contribution in [0.15, 0.2) is 30.3 Å². The molecule has 2 aliphatic heterocycles. The third-order valence-electron chi connectivity index (χ3n) is 4.02. The molecule has 110 valence electrons. The fraction of sp³-hybridized carbons (Fsp3) is 0.625. The molecule has 0 aromatic heterocycles. The van der Waals surface area contributed by atoms with Crippen LogP contribution in [0.5, 0.6) is 5.75 Å². The van der Waals surface area contributed by atoms with E-state index in [1.807, 2.05) is 30.3 Å². The standard InChI is InChI=1S/C16H23NO3/c1-2-4-15(5-3-1)20-16-12-17(8-11-19-13-16)14-6-9-18-10-7-14/h1-5,14,16H,6-13H2/t16-/m1/s1. The number of para-hydroxylation sites is 1. The summed E-state index contributed by atoms with van der Waals surface area (Å²) in [4.78, 5) is 2.52. The van der Waals surface area contributed by atoms with Crippen LogP contribution in [0.25, 0.3) is 0 Å². The summed E-state index contributed by atoms with van der Waals surface area (Å²) in [6.07, 6.45) is 2.36. The van der Waals surface area contributed by atoms with Crippen LogP contribution in [0.1, 0.15) is 12.8 Å². The van der Waals surface area contributed by atoms with Crippen molar-refractivity contribution < 1.29 is 14.2 Å². The van der Waals surface area contributed by atoms with Gasteiger partial charge in [-0.25, -0.2) is 0 Å². The molecule has 0 spiro atoms. The summed E-state index contributed by atoms with van der Waals surface area (Å²) in [6.45, 7) is 5.18. The van der Waals surface area contributed by atoms with Crippen molar-refractivity contribution in [1.82, 2.24) is 4.90 Å². The van der Waals surface area contributed by atoms with Crippen LogP contribution in [0, 0.1) is 0 Å². The molecule has 4 heteroatoms. The zero-order valence-electron chi connectivity index (χ0n) is 11.9. The monoisotopic (exact) mass is 277 g/mol. The van der Waals surface area contributed by atoms with Gasteiger partial charge < -0.3 is 14.2 Å². The van der Waals surface area contributed by atoms with Crippen molar-refractivity contribution in [2.45, 2.75) is 25.0 Å². The Kier molecular flexibility index (Phi) is 4.90. The Hall–Kier alpha value is -1.10. The second-order valence-electron chi connectivity index (χ2n) is 5.47. The first kappa shape index (κ1) is 13.9. The van der Waals surface area contributed by atoms with Crippen LogP contribution in [0.2, 0.25) is 0 Å². The van der Waals surface area contributed by atoms with Gasteiger partial charge in [-0.1, -0.05) is 18.2 Å². The third kappa shape index (κ3) is 3.72. The maximum atomic E-state index is 6.06. The van der Waals surface area contributed by atoms with E-state index in [2.05, 4.69) is 4.90 Å². The average molecular weight is 277 g/mol. The van der Waals surface area contributed by atoms with Crippen LogP contribution in [-0.2, 0) is 9.47 Å². The molecule has 2 heterocycles. The molecule has 0 unspecified atom stereocenters. The summed E-state index contributed by atoms with van der Waals surface area (Å²) in [6, 6.07) is 10.6. The van der Waals surface area contributed by atoms with E-state index >= 15 is 0 Å². The highest BCUT2D eigenvalue weighted by molar-refractivity contribution is 5.21. The summed E-state index contributed by atoms with van der Waals surface area (Å²) < 4.78 is 17.2. The van der Waals surface area contributed by atoms with E-state index in [0.29, 0.717) is 12.6 Å². The maximum Gasteiger partial charge on any atom is 0.135 e. The molecule has 1 aromatic rings. The molecule has 2 saturated heterocycles. The number of hydrogen-bond acceptors (Lipinski definition) is 4. The Morgan fingerprint density at radius 1 is 1.00 bits per heavy atom. The second-order valence-corrected chi connectivity index (χ2v) is 5.47. The van der Waals surface area contributed by atoms with Crippen LogP contribution < -0.4 is 4.74 Å². The van der Waals surface area contributed by atoms with Crippen molar-refractivity contribution in [2.75, 3.05) is 39.5 Å². The van der Waals surface area contributed by atoms with Gasteiger partial charge in [0, 0.05) is 32.3 Å². The Labute approximate surface area is 120 Å². The van der Waals surface area contributed by atoms with Gasteiger partial charge in [0.1, 0.15) is 11.9 Å². The molecular formula is C16H23NO3. The summed E-state index contributed by atoms with van der Waals surface area (Å²) in [5, 5.41) is 0. The molecule has 0 bridgehead atoms. The first-order valence-electron chi connectivity index (χ1n) is 7.53. The van der Waals surface area contributed by atoms with Gasteiger partial charge in [-0.05, 0) is 25.0 Å². The van der Waals surface area contributed by atoms with E-state index < -0.39 is 0 Å². The van der Waals surface area contributed by atoms with Gasteiger partial charge in [0.05, 0.1) is 13.2 Å². The minimum atomic E-state index is 0.114. The average Bonchev–Trinajstić information content (AvgIpc) is 2.75. The van der Waals surface area contributed by atoms with Gasteiger partial charge in [-0.3, -0.25) is 4.90 Å². The van der Waals surface area contributed by atoms with Crippen molar-refractivity contribution >= 4 is 0 Å². The highest BCUT2D eigenvalue weighted by atomic mass is 16.5. The minimum absolute atomic E-state index is 0.114. The number of rotatable bonds is 3. The first-order valence-corrected chi connectivity index (χ1v) is 7.53. The molecule has 0 saturated carbocycles. The quantitative estimate of drug-likeness (QED) is 0.845. The fourth-order valence-electron chi connectivity index (χ4n) is 2.95. The Balaban J connectivity index is 1.59. The fourth-order valence-corrected chi connectivity index (χ4v) is 2.95. The molecular weight excluding hydrogens is 254 g/mol. The van der Waals surface area contributed by atoms with E-state index in [9.17, 15) is 0 Å². The molecule has 0 radical (unpaired) electrons. The van der Waals surface area contributed by atoms with Gasteiger partial charge in [-0.15, -0.1) is 0 Å². The molecule has 0 amide bonds. The van der Waals surface area contributed by atoms with Gasteiger partial charge >= 0.3 is 0 Å². The lowest BCUT2D eigenvalue weighted by Gasteiger charge is -2.34. The van der Waals surface area contributed by atoms with E-state index in [4.69, 9.17) is 14.2 Å². The van der Waals surface area contributed by atoms with Crippen LogP contribution in [0.4, 0.5) is 0 Å². The van der Waals surface area contributed by atoms with Crippen molar-refractivity contribution in [2.24, 2.45) is 0 Å². The highest BCUT2D eigenvalue weighted by Crippen LogP contribution is 2.18. The molecule has 20 heavy (non-hydrogen) atoms. The molecule has 2 aliphatic rings. The van der Waals surface area contributed by atoms with E-state index in [-0.39, 0.29) is 6.10 Å². The van der Waals surface area contributed by atoms with Crippen LogP contribution in [0.3, 0.4) is 0 Å². The van der Waals surface area contributed by atoms with Crippen LogP contribution in [-0.4, -0.2) is 56.6 Å². The van der Waals surface area contributed by atoms with Crippen molar-refractivity contribution in [3.8, 4) is 5.75 Å². The minimum Gasteiger partial charge on any atom is -0.487 e. The number of benzene rings is 1. The lowest BCUT2D eigenvalue weighted by atomic mass is 10.1. The molecule has 4 nitrogen and oxygen atoms in total. The normalized spacial score (nSPS) is 26.1. The van der Waals surface area contributed by atoms with Gasteiger partial charge in [0.25, 0.3) is 0 Å². The molecule has 1 atom stereocenters. The van der Waals surface area contributed by atoms with E-state index in [1.54, 1.807) is 0 Å². The number of hydrogen-bond donors (Lipinski definition) is 0. The second kappa shape index (κ2) is 7.07. The van der Waals surface area contributed by atoms with Crippen molar-refractivity contribution in [3.63, 3.8) is 0 Å². The van der Waals surface area contributed by atoms with Crippen molar-refractivity contribution in [1.29, 1.82) is 0 Å². The molecule has 0 N–H and O–H groups in total. The van der Waals surface area contributed by atoms with Gasteiger partial charge in [-0.2, -0.15) is 0 Å². The lowest BCUT2D eigenvalue weighted by molar-refractivity contribution is 0.0249. The number of ether oxygens (including phenoxy) is 3. The highest BCUT2D eigenvalue weighted by Gasteiger charge is 2.27. The first-order chi connectivity index (χ1) is 9.92. The molecule has 3 rings (SSSR count). The van der Waals surface area contributed by atoms with E-state index in [1.165, 1.54) is 0 Å². The topological polar surface area (TPSA) is 30.9 Å². The zero-order valence-corrected chi connectivity index (χ0v) is 11.9. The lowest BCUT2D eigenvalue weighted by Crippen LogP contribution is -2.44. The summed E-state index contributed by atoms with van der Waals surface area (Å²) in [5.41, 5.74) is 0. The third-order valence-corrected chi connectivity index (χ3v) is 4.02. The largest absolute Gasteiger partial charge is 0.487 e. The van der Waals surface area contributed by atoms with Crippen LogP contribution >= 0.6 is 0 Å². The van der Waals surface area contributed by atoms with E-state index in [0.717, 1.165) is 51.5 Å². The molecule has 2 fully saturated rings. The predicted octanol–water partition coefficient (Wildman–Crippen LogP) is 1.95. The molecule has 1 aromatic carbocycles. The maximum absolute atomic E-state index is 6.06. The Bertz CT molecular complexity index is 392. The predicted molar refractivity (Wildman–Crippen MR) is 77.1 cm³/mol. The summed E-state index contributed by atoms with van der Waals surface area (Å²) in [7, 11) is 0. The summed E-state index contributed by atoms with van der Waals surface area (Å²) in [5.74, 6) is 0.926. The Morgan fingerprint density at radius 2 is 1.80 bits per heavy atom. The summed E-state index contributed by atoms with van der Waals surface area (Å²) >= 11 is 0. The number of nitrogens with zero attached hydrogens (tertiary/aromatic N) is 1. The SMILES string of the molecule is c1ccc(O[C@H]2COCCN(C3CCOCC3)C2)cc1. The van der Waals surface area contributed by atoms with Gasteiger partial charge in [0.2, 0.25) is 0 Å². The zero-order chi connectivity index (χ0) is 13.6.